The molecule has 0 bridgehead atoms. The Hall–Kier alpha value is -2.25. The van der Waals surface area contributed by atoms with Crippen molar-refractivity contribution in [2.45, 2.75) is 83.0 Å². The highest BCUT2D eigenvalue weighted by Crippen LogP contribution is 2.51. The summed E-state index contributed by atoms with van der Waals surface area (Å²) in [4.78, 5) is 42.5. The minimum absolute atomic E-state index is 0.0945. The molecule has 1 saturated carbocycles. The lowest BCUT2D eigenvalue weighted by atomic mass is 9.75. The highest BCUT2D eigenvalue weighted by atomic mass is 16.3. The molecular formula is C24H32N3O4+. The smallest absolute Gasteiger partial charge is 0.291 e. The Kier molecular flexibility index (Phi) is 4.75. The number of hydrogen-bond acceptors (Lipinski definition) is 4. The maximum absolute atomic E-state index is 13.9. The Morgan fingerprint density at radius 2 is 1.77 bits per heavy atom. The normalized spacial score (nSPS) is 34.1. The van der Waals surface area contributed by atoms with Gasteiger partial charge < -0.3 is 15.7 Å². The van der Waals surface area contributed by atoms with Crippen molar-refractivity contribution >= 4 is 23.4 Å². The summed E-state index contributed by atoms with van der Waals surface area (Å²) >= 11 is 0. The first kappa shape index (κ1) is 20.6. The molecule has 3 amide bonds. The Labute approximate surface area is 182 Å². The average molecular weight is 427 g/mol. The van der Waals surface area contributed by atoms with Gasteiger partial charge in [-0.15, -0.1) is 0 Å². The molecule has 0 unspecified atom stereocenters. The number of anilines is 1. The summed E-state index contributed by atoms with van der Waals surface area (Å²) in [6, 6.07) is 3.35. The number of benzene rings is 1. The molecule has 1 aromatic carbocycles. The second kappa shape index (κ2) is 7.14. The van der Waals surface area contributed by atoms with Gasteiger partial charge in [-0.3, -0.25) is 19.3 Å². The predicted molar refractivity (Wildman–Crippen MR) is 114 cm³/mol. The fourth-order valence-corrected chi connectivity index (χ4v) is 6.68. The van der Waals surface area contributed by atoms with E-state index < -0.39 is 29.5 Å². The summed E-state index contributed by atoms with van der Waals surface area (Å²) in [6.07, 6.45) is 5.11. The number of aliphatic hydroxyl groups is 1. The highest BCUT2D eigenvalue weighted by Gasteiger charge is 2.75. The first-order chi connectivity index (χ1) is 14.8. The van der Waals surface area contributed by atoms with Crippen molar-refractivity contribution in [1.82, 2.24) is 4.90 Å². The molecule has 3 aliphatic heterocycles. The van der Waals surface area contributed by atoms with Crippen LogP contribution in [0.15, 0.2) is 12.1 Å². The maximum Gasteiger partial charge on any atom is 0.291 e. The molecule has 1 aromatic rings. The van der Waals surface area contributed by atoms with E-state index in [0.717, 1.165) is 60.9 Å². The number of aliphatic hydroxyl groups excluding tert-OH is 1. The van der Waals surface area contributed by atoms with Crippen molar-refractivity contribution in [2.24, 2.45) is 11.8 Å². The zero-order valence-electron chi connectivity index (χ0n) is 18.5. The Morgan fingerprint density at radius 1 is 1.10 bits per heavy atom. The second-order valence-electron chi connectivity index (χ2n) is 10.0. The third-order valence-electron chi connectivity index (χ3n) is 8.03. The quantitative estimate of drug-likeness (QED) is 0.487. The van der Waals surface area contributed by atoms with Crippen LogP contribution in [0.1, 0.15) is 62.1 Å². The number of nitrogens with two attached hydrogens (primary N) is 1. The van der Waals surface area contributed by atoms with Gasteiger partial charge in [0, 0.05) is 11.6 Å². The molecule has 0 radical (unpaired) electrons. The van der Waals surface area contributed by atoms with Crippen LogP contribution < -0.4 is 10.6 Å². The van der Waals surface area contributed by atoms with Gasteiger partial charge in [0.15, 0.2) is 0 Å². The number of quaternary nitrogens is 1. The van der Waals surface area contributed by atoms with Crippen molar-refractivity contribution in [1.29, 1.82) is 0 Å². The number of aryl methyl sites for hydroxylation is 2. The van der Waals surface area contributed by atoms with Crippen LogP contribution in [0.4, 0.5) is 5.69 Å². The van der Waals surface area contributed by atoms with Gasteiger partial charge in [-0.2, -0.15) is 0 Å². The molecule has 4 aliphatic rings. The van der Waals surface area contributed by atoms with E-state index in [-0.39, 0.29) is 23.8 Å². The fraction of sp³-hybridized carbons (Fsp3) is 0.625. The molecule has 4 N–H and O–H groups in total. The third-order valence-corrected chi connectivity index (χ3v) is 8.03. The summed E-state index contributed by atoms with van der Waals surface area (Å²) in [7, 11) is 0. The number of imide groups is 1. The van der Waals surface area contributed by atoms with Crippen molar-refractivity contribution in [3.63, 3.8) is 0 Å². The molecule has 0 aromatic heterocycles. The molecule has 7 nitrogen and oxygen atoms in total. The molecule has 3 fully saturated rings. The minimum Gasteiger partial charge on any atom is -0.387 e. The van der Waals surface area contributed by atoms with Crippen LogP contribution in [0, 0.1) is 25.7 Å². The van der Waals surface area contributed by atoms with Gasteiger partial charge >= 0.3 is 0 Å². The Bertz CT molecular complexity index is 966. The van der Waals surface area contributed by atoms with E-state index in [9.17, 15) is 19.5 Å². The van der Waals surface area contributed by atoms with Crippen molar-refractivity contribution in [3.05, 3.63) is 28.8 Å². The lowest BCUT2D eigenvalue weighted by Crippen LogP contribution is -3.00. The molecule has 3 heterocycles. The molecule has 166 valence electrons. The summed E-state index contributed by atoms with van der Waals surface area (Å²) in [5.74, 6) is -2.16. The zero-order valence-corrected chi connectivity index (χ0v) is 18.5. The molecule has 5 rings (SSSR count). The van der Waals surface area contributed by atoms with Crippen LogP contribution in [-0.4, -0.2) is 45.9 Å². The van der Waals surface area contributed by atoms with Gasteiger partial charge in [0.1, 0.15) is 24.0 Å². The van der Waals surface area contributed by atoms with Crippen molar-refractivity contribution < 1.29 is 24.8 Å². The monoisotopic (exact) mass is 426 g/mol. The second-order valence-corrected chi connectivity index (χ2v) is 10.0. The standard InChI is InChI=1S/C24H31N3O4/c1-12-10-13(2)19-16(11-12)24(23(31)25-19)18-17(20(26-24)14(3)28)21(29)27(22(18)30)15-8-6-4-5-7-9-15/h10-11,14-15,17-18,20,26,28H,4-9H2,1-3H3,(H,25,31)/p+1/t14-,17+,18+,20+,24+/m1/s1. The number of nitrogens with zero attached hydrogens (tertiary/aromatic N) is 1. The lowest BCUT2D eigenvalue weighted by molar-refractivity contribution is -0.738. The van der Waals surface area contributed by atoms with Gasteiger partial charge in [0.25, 0.3) is 5.91 Å². The predicted octanol–water partition coefficient (Wildman–Crippen LogP) is 1.10. The van der Waals surface area contributed by atoms with E-state index in [1.165, 1.54) is 4.90 Å². The molecule has 1 spiro atoms. The summed E-state index contributed by atoms with van der Waals surface area (Å²) in [5.41, 5.74) is 2.27. The molecular weight excluding hydrogens is 394 g/mol. The Balaban J connectivity index is 1.65. The molecule has 1 aliphatic carbocycles. The van der Waals surface area contributed by atoms with Crippen LogP contribution >= 0.6 is 0 Å². The molecule has 31 heavy (non-hydrogen) atoms. The van der Waals surface area contributed by atoms with Crippen molar-refractivity contribution in [3.8, 4) is 0 Å². The SMILES string of the molecule is Cc1cc(C)c2c(c1)[C@@]1([NH2+][C@@H]([C@@H](C)O)[C@H]3C(=O)N(C4CCCCCC4)C(=O)[C@H]31)C(=O)N2. The Morgan fingerprint density at radius 3 is 2.42 bits per heavy atom. The number of nitrogens with one attached hydrogen (secondary N) is 1. The average Bonchev–Trinajstić information content (AvgIpc) is 3.18. The number of hydrogen-bond donors (Lipinski definition) is 3. The zero-order chi connectivity index (χ0) is 22.1. The van der Waals surface area contributed by atoms with E-state index in [1.54, 1.807) is 6.92 Å². The molecule has 2 saturated heterocycles. The van der Waals surface area contributed by atoms with E-state index in [2.05, 4.69) is 5.32 Å². The molecule has 5 atom stereocenters. The van der Waals surface area contributed by atoms with Crippen LogP contribution in [-0.2, 0) is 19.9 Å². The van der Waals surface area contributed by atoms with E-state index >= 15 is 0 Å². The van der Waals surface area contributed by atoms with Crippen LogP contribution in [0.2, 0.25) is 0 Å². The maximum atomic E-state index is 13.9. The minimum atomic E-state index is -1.20. The van der Waals surface area contributed by atoms with Crippen molar-refractivity contribution in [2.75, 3.05) is 5.32 Å². The summed E-state index contributed by atoms with van der Waals surface area (Å²) < 4.78 is 0. The number of rotatable bonds is 2. The van der Waals surface area contributed by atoms with E-state index in [1.807, 2.05) is 31.3 Å². The van der Waals surface area contributed by atoms with Gasteiger partial charge in [-0.1, -0.05) is 37.3 Å². The van der Waals surface area contributed by atoms with Gasteiger partial charge in [0.05, 0.1) is 5.69 Å². The topological polar surface area (TPSA) is 103 Å². The van der Waals surface area contributed by atoms with Gasteiger partial charge in [0.2, 0.25) is 17.4 Å². The number of fused-ring (bicyclic) bond motifs is 4. The number of carbonyl (C=O) groups is 3. The van der Waals surface area contributed by atoms with Gasteiger partial charge in [-0.25, -0.2) is 0 Å². The first-order valence-corrected chi connectivity index (χ1v) is 11.6. The summed E-state index contributed by atoms with van der Waals surface area (Å²) in [6.45, 7) is 5.57. The van der Waals surface area contributed by atoms with Gasteiger partial charge in [-0.05, 0) is 45.2 Å². The van der Waals surface area contributed by atoms with Crippen LogP contribution in [0.5, 0.6) is 0 Å². The first-order valence-electron chi connectivity index (χ1n) is 11.6. The number of amides is 3. The lowest BCUT2D eigenvalue weighted by Gasteiger charge is -2.30. The fourth-order valence-electron chi connectivity index (χ4n) is 6.68. The van der Waals surface area contributed by atoms with E-state index in [0.29, 0.717) is 0 Å². The highest BCUT2D eigenvalue weighted by molar-refractivity contribution is 6.14. The molecule has 7 heteroatoms. The summed E-state index contributed by atoms with van der Waals surface area (Å²) in [5, 5.41) is 15.4. The number of carbonyl (C=O) groups excluding carboxylic acids is 3. The largest absolute Gasteiger partial charge is 0.387 e. The van der Waals surface area contributed by atoms with Crippen LogP contribution in [0.25, 0.3) is 0 Å². The van der Waals surface area contributed by atoms with Crippen LogP contribution in [0.3, 0.4) is 0 Å². The third kappa shape index (κ3) is 2.75. The van der Waals surface area contributed by atoms with E-state index in [4.69, 9.17) is 0 Å². The number of likely N-dealkylation sites (tertiary alicyclic amines) is 1.